The Morgan fingerprint density at radius 1 is 0.692 bits per heavy atom. The van der Waals surface area contributed by atoms with Crippen LogP contribution in [0.2, 0.25) is 0 Å². The summed E-state index contributed by atoms with van der Waals surface area (Å²) >= 11 is 0. The first-order valence-corrected chi connectivity index (χ1v) is 9.07. The van der Waals surface area contributed by atoms with Gasteiger partial charge in [0.15, 0.2) is 6.29 Å². The molecule has 1 aliphatic carbocycles. The Bertz CT molecular complexity index is 907. The third kappa shape index (κ3) is 2.27. The summed E-state index contributed by atoms with van der Waals surface area (Å²) in [6.07, 6.45) is 4.07. The smallest absolute Gasteiger partial charge is 0.177 e. The van der Waals surface area contributed by atoms with E-state index in [9.17, 15) is 0 Å². The van der Waals surface area contributed by atoms with Crippen LogP contribution in [0.3, 0.4) is 0 Å². The predicted molar refractivity (Wildman–Crippen MR) is 103 cm³/mol. The molecule has 1 saturated heterocycles. The van der Waals surface area contributed by atoms with Gasteiger partial charge in [-0.2, -0.15) is 0 Å². The average molecular weight is 340 g/mol. The summed E-state index contributed by atoms with van der Waals surface area (Å²) in [6, 6.07) is 28.1. The average Bonchev–Trinajstić information content (AvgIpc) is 3.33. The quantitative estimate of drug-likeness (QED) is 0.629. The van der Waals surface area contributed by atoms with Crippen molar-refractivity contribution in [1.82, 2.24) is 0 Å². The molecule has 0 saturated carbocycles. The Kier molecular flexibility index (Phi) is 3.74. The number of hydrogen-bond acceptors (Lipinski definition) is 2. The third-order valence-electron chi connectivity index (χ3n) is 5.37. The minimum atomic E-state index is -0.330. The van der Waals surface area contributed by atoms with Crippen molar-refractivity contribution in [2.45, 2.75) is 11.7 Å². The van der Waals surface area contributed by atoms with Gasteiger partial charge in [-0.25, -0.2) is 0 Å². The topological polar surface area (TPSA) is 18.5 Å². The van der Waals surface area contributed by atoms with Gasteiger partial charge in [0.05, 0.1) is 18.6 Å². The monoisotopic (exact) mass is 340 g/mol. The van der Waals surface area contributed by atoms with Crippen molar-refractivity contribution in [2.24, 2.45) is 0 Å². The van der Waals surface area contributed by atoms with Crippen LogP contribution in [0.4, 0.5) is 0 Å². The molecule has 3 aromatic rings. The predicted octanol–water partition coefficient (Wildman–Crippen LogP) is 4.93. The summed E-state index contributed by atoms with van der Waals surface area (Å²) < 4.78 is 11.3. The van der Waals surface area contributed by atoms with Gasteiger partial charge in [0, 0.05) is 0 Å². The van der Waals surface area contributed by atoms with Crippen molar-refractivity contribution < 1.29 is 9.47 Å². The van der Waals surface area contributed by atoms with Crippen LogP contribution in [0.5, 0.6) is 0 Å². The Hall–Kier alpha value is -2.68. The van der Waals surface area contributed by atoms with Crippen LogP contribution in [-0.2, 0) is 14.9 Å². The zero-order valence-electron chi connectivity index (χ0n) is 14.5. The second-order valence-corrected chi connectivity index (χ2v) is 6.73. The highest BCUT2D eigenvalue weighted by atomic mass is 16.7. The van der Waals surface area contributed by atoms with Gasteiger partial charge in [-0.3, -0.25) is 0 Å². The molecule has 0 amide bonds. The fraction of sp³-hybridized carbons (Fsp3) is 0.167. The molecule has 0 aromatic heterocycles. The van der Waals surface area contributed by atoms with Crippen molar-refractivity contribution in [3.63, 3.8) is 0 Å². The molecule has 0 radical (unpaired) electrons. The fourth-order valence-electron chi connectivity index (χ4n) is 4.27. The lowest BCUT2D eigenvalue weighted by molar-refractivity contribution is -0.00188. The van der Waals surface area contributed by atoms with Gasteiger partial charge < -0.3 is 9.47 Å². The lowest BCUT2D eigenvalue weighted by Gasteiger charge is -2.30. The Labute approximate surface area is 153 Å². The molecular formula is C24H20O2. The van der Waals surface area contributed by atoms with Gasteiger partial charge in [0.2, 0.25) is 0 Å². The lowest BCUT2D eigenvalue weighted by atomic mass is 9.72. The van der Waals surface area contributed by atoms with Gasteiger partial charge in [-0.1, -0.05) is 84.9 Å². The first-order chi connectivity index (χ1) is 12.9. The molecule has 1 heterocycles. The van der Waals surface area contributed by atoms with Crippen molar-refractivity contribution in [3.05, 3.63) is 108 Å². The third-order valence-corrected chi connectivity index (χ3v) is 5.37. The molecule has 1 aliphatic heterocycles. The highest BCUT2D eigenvalue weighted by molar-refractivity contribution is 5.84. The Morgan fingerprint density at radius 3 is 1.85 bits per heavy atom. The maximum Gasteiger partial charge on any atom is 0.177 e. The summed E-state index contributed by atoms with van der Waals surface area (Å²) in [5, 5.41) is 0. The Morgan fingerprint density at radius 2 is 1.23 bits per heavy atom. The van der Waals surface area contributed by atoms with Crippen LogP contribution in [0, 0.1) is 0 Å². The number of hydrogen-bond donors (Lipinski definition) is 0. The van der Waals surface area contributed by atoms with E-state index in [1.54, 1.807) is 0 Å². The van der Waals surface area contributed by atoms with Crippen molar-refractivity contribution in [3.8, 4) is 11.1 Å². The Balaban J connectivity index is 1.79. The molecule has 0 atom stereocenters. The SMILES string of the molecule is C(=C\C1(c2ccccc2)c2ccccc2-c2ccccc21)/C1OCCO1. The number of allylic oxidation sites excluding steroid dienone is 1. The van der Waals surface area contributed by atoms with Crippen LogP contribution in [0.15, 0.2) is 91.0 Å². The largest absolute Gasteiger partial charge is 0.347 e. The number of fused-ring (bicyclic) bond motifs is 3. The van der Waals surface area contributed by atoms with E-state index < -0.39 is 0 Å². The molecule has 2 aliphatic rings. The molecule has 0 spiro atoms. The molecule has 0 bridgehead atoms. The first kappa shape index (κ1) is 15.6. The van der Waals surface area contributed by atoms with Crippen LogP contribution >= 0.6 is 0 Å². The zero-order chi connectivity index (χ0) is 17.4. The normalized spacial score (nSPS) is 18.2. The second-order valence-electron chi connectivity index (χ2n) is 6.73. The van der Waals surface area contributed by atoms with Gasteiger partial charge in [-0.15, -0.1) is 0 Å². The molecule has 1 fully saturated rings. The van der Waals surface area contributed by atoms with Crippen molar-refractivity contribution in [2.75, 3.05) is 13.2 Å². The fourth-order valence-corrected chi connectivity index (χ4v) is 4.27. The van der Waals surface area contributed by atoms with Crippen LogP contribution in [0.25, 0.3) is 11.1 Å². The standard InChI is InChI=1S/C24H20O2/c1-2-8-18(9-3-1)24(15-14-23-25-16-17-26-23)21-12-6-4-10-19(21)20-11-5-7-13-22(20)24/h1-15,23H,16-17H2/b15-14+. The van der Waals surface area contributed by atoms with E-state index >= 15 is 0 Å². The van der Waals surface area contributed by atoms with Crippen LogP contribution in [-0.4, -0.2) is 19.5 Å². The highest BCUT2D eigenvalue weighted by Crippen LogP contribution is 2.53. The molecule has 26 heavy (non-hydrogen) atoms. The van der Waals surface area contributed by atoms with Gasteiger partial charge >= 0.3 is 0 Å². The molecular weight excluding hydrogens is 320 g/mol. The highest BCUT2D eigenvalue weighted by Gasteiger charge is 2.42. The van der Waals surface area contributed by atoms with E-state index in [0.29, 0.717) is 13.2 Å². The second kappa shape index (κ2) is 6.24. The lowest BCUT2D eigenvalue weighted by Crippen LogP contribution is -2.25. The molecule has 2 nitrogen and oxygen atoms in total. The number of benzene rings is 3. The molecule has 3 aromatic carbocycles. The molecule has 5 rings (SSSR count). The summed E-state index contributed by atoms with van der Waals surface area (Å²) in [4.78, 5) is 0. The van der Waals surface area contributed by atoms with E-state index in [0.717, 1.165) is 0 Å². The van der Waals surface area contributed by atoms with Crippen LogP contribution in [0.1, 0.15) is 16.7 Å². The zero-order valence-corrected chi connectivity index (χ0v) is 14.5. The van der Waals surface area contributed by atoms with Gasteiger partial charge in [0.1, 0.15) is 0 Å². The minimum Gasteiger partial charge on any atom is -0.347 e. The molecule has 0 N–H and O–H groups in total. The minimum absolute atomic E-state index is 0.268. The molecule has 0 unspecified atom stereocenters. The summed E-state index contributed by atoms with van der Waals surface area (Å²) in [5.41, 5.74) is 6.13. The van der Waals surface area contributed by atoms with Gasteiger partial charge in [-0.05, 0) is 33.9 Å². The number of ether oxygens (including phenoxy) is 2. The van der Waals surface area contributed by atoms with E-state index in [1.807, 2.05) is 0 Å². The van der Waals surface area contributed by atoms with E-state index in [1.165, 1.54) is 27.8 Å². The molecule has 2 heteroatoms. The van der Waals surface area contributed by atoms with Gasteiger partial charge in [0.25, 0.3) is 0 Å². The summed E-state index contributed by atoms with van der Waals surface area (Å²) in [5.74, 6) is 0. The van der Waals surface area contributed by atoms with Crippen molar-refractivity contribution in [1.29, 1.82) is 0 Å². The van der Waals surface area contributed by atoms with Crippen molar-refractivity contribution >= 4 is 0 Å². The maximum absolute atomic E-state index is 5.66. The maximum atomic E-state index is 5.66. The number of rotatable bonds is 3. The first-order valence-electron chi connectivity index (χ1n) is 9.07. The van der Waals surface area contributed by atoms with E-state index in [4.69, 9.17) is 9.47 Å². The summed E-state index contributed by atoms with van der Waals surface area (Å²) in [7, 11) is 0. The summed E-state index contributed by atoms with van der Waals surface area (Å²) in [6.45, 7) is 1.31. The van der Waals surface area contributed by atoms with Crippen LogP contribution < -0.4 is 0 Å². The van der Waals surface area contributed by atoms with E-state index in [2.05, 4.69) is 91.0 Å². The molecule has 128 valence electrons. The van der Waals surface area contributed by atoms with E-state index in [-0.39, 0.29) is 11.7 Å².